The molecule has 0 bridgehead atoms. The molecule has 1 atom stereocenters. The topological polar surface area (TPSA) is 83.5 Å². The van der Waals surface area contributed by atoms with E-state index in [4.69, 9.17) is 10.8 Å². The first kappa shape index (κ1) is 13.7. The first-order valence-corrected chi connectivity index (χ1v) is 5.82. The quantitative estimate of drug-likeness (QED) is 0.627. The molecular formula is C13H19NO3. The van der Waals surface area contributed by atoms with E-state index in [-0.39, 0.29) is 6.42 Å². The molecule has 1 rings (SSSR count). The summed E-state index contributed by atoms with van der Waals surface area (Å²) in [6.45, 7) is 0.594. The van der Waals surface area contributed by atoms with Crippen LogP contribution < -0.4 is 5.73 Å². The van der Waals surface area contributed by atoms with E-state index in [0.29, 0.717) is 18.5 Å². The average molecular weight is 237 g/mol. The number of carboxylic acids is 1. The van der Waals surface area contributed by atoms with Crippen molar-refractivity contribution in [1.29, 1.82) is 0 Å². The van der Waals surface area contributed by atoms with E-state index in [1.54, 1.807) is 30.3 Å². The monoisotopic (exact) mass is 237 g/mol. The van der Waals surface area contributed by atoms with E-state index in [0.717, 1.165) is 12.8 Å². The summed E-state index contributed by atoms with van der Waals surface area (Å²) in [4.78, 5) is 11.2. The molecule has 4 N–H and O–H groups in total. The maximum absolute atomic E-state index is 11.2. The highest BCUT2D eigenvalue weighted by Gasteiger charge is 2.36. The first-order valence-electron chi connectivity index (χ1n) is 5.82. The van der Waals surface area contributed by atoms with E-state index in [1.165, 1.54) is 0 Å². The molecule has 0 radical (unpaired) electrons. The Morgan fingerprint density at radius 2 is 1.82 bits per heavy atom. The Bertz CT molecular complexity index is 353. The number of aliphatic carboxylic acids is 1. The fourth-order valence-electron chi connectivity index (χ4n) is 1.79. The smallest absolute Gasteiger partial charge is 0.340 e. The van der Waals surface area contributed by atoms with Crippen molar-refractivity contribution in [2.45, 2.75) is 31.3 Å². The van der Waals surface area contributed by atoms with Crippen molar-refractivity contribution in [1.82, 2.24) is 0 Å². The van der Waals surface area contributed by atoms with Gasteiger partial charge in [-0.1, -0.05) is 36.8 Å². The molecule has 0 fully saturated rings. The minimum atomic E-state index is -1.78. The Morgan fingerprint density at radius 1 is 1.18 bits per heavy atom. The number of carboxylic acid groups (broad SMARTS) is 1. The van der Waals surface area contributed by atoms with Crippen molar-refractivity contribution in [3.63, 3.8) is 0 Å². The summed E-state index contributed by atoms with van der Waals surface area (Å²) >= 11 is 0. The number of aliphatic hydroxyl groups is 1. The fraction of sp³-hybridized carbons (Fsp3) is 0.462. The summed E-state index contributed by atoms with van der Waals surface area (Å²) in [6.07, 6.45) is 2.55. The molecule has 17 heavy (non-hydrogen) atoms. The van der Waals surface area contributed by atoms with E-state index in [1.807, 2.05) is 0 Å². The number of nitrogens with two attached hydrogens (primary N) is 1. The van der Waals surface area contributed by atoms with Crippen LogP contribution in [0.25, 0.3) is 0 Å². The lowest BCUT2D eigenvalue weighted by Gasteiger charge is -2.23. The Balaban J connectivity index is 2.73. The second-order valence-corrected chi connectivity index (χ2v) is 4.13. The normalized spacial score (nSPS) is 14.2. The third-order valence-corrected chi connectivity index (χ3v) is 2.85. The highest BCUT2D eigenvalue weighted by molar-refractivity contribution is 5.79. The van der Waals surface area contributed by atoms with Crippen molar-refractivity contribution >= 4 is 5.97 Å². The van der Waals surface area contributed by atoms with Crippen LogP contribution in [0.2, 0.25) is 0 Å². The number of carbonyl (C=O) groups is 1. The molecule has 0 spiro atoms. The minimum absolute atomic E-state index is 0.215. The summed E-state index contributed by atoms with van der Waals surface area (Å²) in [7, 11) is 0. The van der Waals surface area contributed by atoms with Gasteiger partial charge in [-0.2, -0.15) is 0 Å². The van der Waals surface area contributed by atoms with Crippen LogP contribution in [0.4, 0.5) is 0 Å². The Kier molecular flexibility index (Phi) is 5.12. The highest BCUT2D eigenvalue weighted by Crippen LogP contribution is 2.27. The van der Waals surface area contributed by atoms with Gasteiger partial charge in [-0.25, -0.2) is 4.79 Å². The van der Waals surface area contributed by atoms with Gasteiger partial charge < -0.3 is 15.9 Å². The molecule has 4 heteroatoms. The molecule has 0 saturated heterocycles. The molecular weight excluding hydrogens is 218 g/mol. The molecule has 0 aliphatic heterocycles. The van der Waals surface area contributed by atoms with Crippen LogP contribution in [-0.2, 0) is 10.4 Å². The standard InChI is InChI=1S/C13H19NO3/c14-10-6-2-5-9-13(17,12(15)16)11-7-3-1-4-8-11/h1,3-4,7-8,17H,2,5-6,9-10,14H2,(H,15,16). The summed E-state index contributed by atoms with van der Waals surface area (Å²) in [5, 5.41) is 19.4. The third-order valence-electron chi connectivity index (χ3n) is 2.85. The molecule has 0 amide bonds. The van der Waals surface area contributed by atoms with Crippen molar-refractivity contribution < 1.29 is 15.0 Å². The van der Waals surface area contributed by atoms with Gasteiger partial charge in [0.05, 0.1) is 0 Å². The van der Waals surface area contributed by atoms with Crippen LogP contribution >= 0.6 is 0 Å². The van der Waals surface area contributed by atoms with Gasteiger partial charge in [0.15, 0.2) is 5.60 Å². The van der Waals surface area contributed by atoms with Crippen LogP contribution in [0, 0.1) is 0 Å². The predicted octanol–water partition coefficient (Wildman–Crippen LogP) is 1.48. The fourth-order valence-corrected chi connectivity index (χ4v) is 1.79. The van der Waals surface area contributed by atoms with Gasteiger partial charge in [0.25, 0.3) is 0 Å². The van der Waals surface area contributed by atoms with Gasteiger partial charge in [-0.3, -0.25) is 0 Å². The zero-order valence-corrected chi connectivity index (χ0v) is 9.80. The molecule has 0 aromatic heterocycles. The van der Waals surface area contributed by atoms with Crippen molar-refractivity contribution in [3.8, 4) is 0 Å². The largest absolute Gasteiger partial charge is 0.479 e. The number of rotatable bonds is 7. The van der Waals surface area contributed by atoms with Gasteiger partial charge in [0.2, 0.25) is 0 Å². The van der Waals surface area contributed by atoms with Crippen LogP contribution in [0.3, 0.4) is 0 Å². The Morgan fingerprint density at radius 3 is 2.35 bits per heavy atom. The number of hydrogen-bond acceptors (Lipinski definition) is 3. The lowest BCUT2D eigenvalue weighted by atomic mass is 9.88. The zero-order chi connectivity index (χ0) is 12.7. The van der Waals surface area contributed by atoms with E-state index >= 15 is 0 Å². The molecule has 1 unspecified atom stereocenters. The summed E-state index contributed by atoms with van der Waals surface area (Å²) in [5.74, 6) is -1.20. The molecule has 0 saturated carbocycles. The van der Waals surface area contributed by atoms with Crippen LogP contribution in [-0.4, -0.2) is 22.7 Å². The summed E-state index contributed by atoms with van der Waals surface area (Å²) in [5.41, 5.74) is 4.02. The second kappa shape index (κ2) is 6.37. The van der Waals surface area contributed by atoms with Crippen LogP contribution in [0.1, 0.15) is 31.2 Å². The van der Waals surface area contributed by atoms with Crippen LogP contribution in [0.5, 0.6) is 0 Å². The van der Waals surface area contributed by atoms with E-state index in [9.17, 15) is 9.90 Å². The highest BCUT2D eigenvalue weighted by atomic mass is 16.4. The SMILES string of the molecule is NCCCCCC(O)(C(=O)O)c1ccccc1. The summed E-state index contributed by atoms with van der Waals surface area (Å²) < 4.78 is 0. The molecule has 94 valence electrons. The lowest BCUT2D eigenvalue weighted by Crippen LogP contribution is -2.35. The van der Waals surface area contributed by atoms with Crippen molar-refractivity contribution in [2.75, 3.05) is 6.54 Å². The maximum Gasteiger partial charge on any atom is 0.340 e. The minimum Gasteiger partial charge on any atom is -0.479 e. The number of benzene rings is 1. The van der Waals surface area contributed by atoms with E-state index in [2.05, 4.69) is 0 Å². The Hall–Kier alpha value is -1.39. The van der Waals surface area contributed by atoms with Crippen molar-refractivity contribution in [2.24, 2.45) is 5.73 Å². The molecule has 1 aromatic rings. The number of unbranched alkanes of at least 4 members (excludes halogenated alkanes) is 2. The molecule has 4 nitrogen and oxygen atoms in total. The van der Waals surface area contributed by atoms with Gasteiger partial charge in [0, 0.05) is 0 Å². The van der Waals surface area contributed by atoms with E-state index < -0.39 is 11.6 Å². The summed E-state index contributed by atoms with van der Waals surface area (Å²) in [6, 6.07) is 8.51. The third kappa shape index (κ3) is 3.54. The van der Waals surface area contributed by atoms with Gasteiger partial charge in [0.1, 0.15) is 0 Å². The lowest BCUT2D eigenvalue weighted by molar-refractivity contribution is -0.160. The predicted molar refractivity (Wildman–Crippen MR) is 65.5 cm³/mol. The molecule has 1 aromatic carbocycles. The van der Waals surface area contributed by atoms with Crippen LogP contribution in [0.15, 0.2) is 30.3 Å². The first-order chi connectivity index (χ1) is 8.11. The Labute approximate surface area is 101 Å². The molecule has 0 aliphatic rings. The van der Waals surface area contributed by atoms with Gasteiger partial charge in [-0.15, -0.1) is 0 Å². The van der Waals surface area contributed by atoms with Crippen molar-refractivity contribution in [3.05, 3.63) is 35.9 Å². The van der Waals surface area contributed by atoms with Gasteiger partial charge >= 0.3 is 5.97 Å². The average Bonchev–Trinajstić information content (AvgIpc) is 2.35. The second-order valence-electron chi connectivity index (χ2n) is 4.13. The zero-order valence-electron chi connectivity index (χ0n) is 9.80. The number of hydrogen-bond donors (Lipinski definition) is 3. The maximum atomic E-state index is 11.2. The van der Waals surface area contributed by atoms with Gasteiger partial charge in [-0.05, 0) is 31.4 Å². The molecule has 0 heterocycles. The molecule has 0 aliphatic carbocycles.